The first kappa shape index (κ1) is 22.0. The Labute approximate surface area is 146 Å². The van der Waals surface area contributed by atoms with Crippen molar-refractivity contribution in [1.82, 2.24) is 0 Å². The maximum atomic E-state index is 9.63. The van der Waals surface area contributed by atoms with Crippen molar-refractivity contribution in [2.45, 2.75) is 65.2 Å². The third kappa shape index (κ3) is 11.6. The van der Waals surface area contributed by atoms with Crippen LogP contribution in [0.15, 0.2) is 30.9 Å². The third-order valence-corrected chi connectivity index (χ3v) is 3.57. The highest BCUT2D eigenvalue weighted by Gasteiger charge is 2.03. The number of aryl methyl sites for hydroxylation is 1. The Balaban J connectivity index is 0.000000922. The first-order valence-electron chi connectivity index (χ1n) is 8.85. The van der Waals surface area contributed by atoms with Crippen LogP contribution in [0.4, 0.5) is 0 Å². The number of carbonyl (C=O) groups is 1. The molecule has 0 saturated heterocycles. The van der Waals surface area contributed by atoms with E-state index in [4.69, 9.17) is 9.84 Å². The number of ether oxygens (including phenoxy) is 1. The second kappa shape index (κ2) is 14.6. The Morgan fingerprint density at radius 2 is 1.71 bits per heavy atom. The zero-order chi connectivity index (χ0) is 18.2. The zero-order valence-electron chi connectivity index (χ0n) is 15.1. The summed E-state index contributed by atoms with van der Waals surface area (Å²) in [5.74, 6) is -0.127. The number of hydrogen-bond donors (Lipinski definition) is 2. The van der Waals surface area contributed by atoms with Gasteiger partial charge in [0.05, 0.1) is 6.61 Å². The summed E-state index contributed by atoms with van der Waals surface area (Å²) in [6, 6.07) is 5.70. The van der Waals surface area contributed by atoms with Crippen molar-refractivity contribution in [1.29, 1.82) is 0 Å². The van der Waals surface area contributed by atoms with Gasteiger partial charge in [-0.15, -0.1) is 0 Å². The van der Waals surface area contributed by atoms with Crippen LogP contribution in [-0.2, 0) is 11.2 Å². The predicted molar refractivity (Wildman–Crippen MR) is 98.8 cm³/mol. The predicted octanol–water partition coefficient (Wildman–Crippen LogP) is 5.34. The van der Waals surface area contributed by atoms with E-state index in [1.54, 1.807) is 6.07 Å². The highest BCUT2D eigenvalue weighted by Crippen LogP contribution is 2.27. The average Bonchev–Trinajstić information content (AvgIpc) is 2.57. The average molecular weight is 336 g/mol. The fourth-order valence-electron chi connectivity index (χ4n) is 2.27. The highest BCUT2D eigenvalue weighted by molar-refractivity contribution is 5.78. The van der Waals surface area contributed by atoms with E-state index in [0.29, 0.717) is 12.4 Å². The zero-order valence-corrected chi connectivity index (χ0v) is 15.1. The van der Waals surface area contributed by atoms with Gasteiger partial charge in [-0.05, 0) is 37.5 Å². The summed E-state index contributed by atoms with van der Waals surface area (Å²) in [6.45, 7) is 7.74. The topological polar surface area (TPSA) is 66.8 Å². The van der Waals surface area contributed by atoms with E-state index in [1.807, 2.05) is 19.1 Å². The first-order valence-corrected chi connectivity index (χ1v) is 8.85. The van der Waals surface area contributed by atoms with E-state index in [1.165, 1.54) is 50.5 Å². The lowest BCUT2D eigenvalue weighted by atomic mass is 10.0. The first-order chi connectivity index (χ1) is 11.5. The quantitative estimate of drug-likeness (QED) is 0.423. The molecule has 0 saturated carbocycles. The minimum absolute atomic E-state index is 0.241. The summed E-state index contributed by atoms with van der Waals surface area (Å²) in [4.78, 5) is 9.25. The maximum Gasteiger partial charge on any atom is 0.327 e. The fraction of sp³-hybridized carbons (Fsp3) is 0.550. The molecular formula is C20H32O4. The minimum Gasteiger partial charge on any atom is -0.504 e. The molecule has 1 rings (SSSR count). The van der Waals surface area contributed by atoms with Gasteiger partial charge >= 0.3 is 5.97 Å². The molecule has 0 unspecified atom stereocenters. The van der Waals surface area contributed by atoms with Crippen molar-refractivity contribution in [2.75, 3.05) is 6.61 Å². The van der Waals surface area contributed by atoms with Gasteiger partial charge in [-0.2, -0.15) is 0 Å². The molecule has 0 amide bonds. The molecule has 1 aromatic rings. The standard InChI is InChI=1S/C17H28O2.C3H4O2/c1-3-5-6-7-8-9-10-11-15-12-13-16(18)17(14-15)19-4-2;1-2-3(4)5/h12-14,18H,3-11H2,1-2H3;2H,1H2,(H,4,5). The molecule has 4 nitrogen and oxygen atoms in total. The number of unbranched alkanes of at least 4 members (excludes halogenated alkanes) is 6. The Bertz CT molecular complexity index is 469. The largest absolute Gasteiger partial charge is 0.504 e. The van der Waals surface area contributed by atoms with Crippen molar-refractivity contribution >= 4 is 5.97 Å². The van der Waals surface area contributed by atoms with Crippen molar-refractivity contribution in [2.24, 2.45) is 0 Å². The van der Waals surface area contributed by atoms with Gasteiger partial charge in [0.1, 0.15) is 0 Å². The van der Waals surface area contributed by atoms with Crippen molar-refractivity contribution < 1.29 is 19.7 Å². The van der Waals surface area contributed by atoms with Crippen LogP contribution in [0.1, 0.15) is 64.4 Å². The summed E-state index contributed by atoms with van der Waals surface area (Å²) in [7, 11) is 0. The lowest BCUT2D eigenvalue weighted by molar-refractivity contribution is -0.131. The molecule has 0 spiro atoms. The monoisotopic (exact) mass is 336 g/mol. The number of benzene rings is 1. The van der Waals surface area contributed by atoms with E-state index in [9.17, 15) is 9.90 Å². The Hall–Kier alpha value is -1.97. The minimum atomic E-state index is -0.981. The smallest absolute Gasteiger partial charge is 0.327 e. The molecule has 0 aromatic heterocycles. The van der Waals surface area contributed by atoms with Gasteiger partial charge in [0.25, 0.3) is 0 Å². The molecule has 1 aromatic carbocycles. The van der Waals surface area contributed by atoms with Crippen LogP contribution in [0.3, 0.4) is 0 Å². The molecule has 0 atom stereocenters. The van der Waals surface area contributed by atoms with E-state index in [0.717, 1.165) is 12.5 Å². The van der Waals surface area contributed by atoms with Gasteiger partial charge in [-0.25, -0.2) is 4.79 Å². The number of carboxylic acid groups (broad SMARTS) is 1. The van der Waals surface area contributed by atoms with Gasteiger partial charge in [0.15, 0.2) is 11.5 Å². The molecule has 0 aliphatic heterocycles. The number of aliphatic carboxylic acids is 1. The normalized spacial score (nSPS) is 9.75. The molecule has 0 fully saturated rings. The lowest BCUT2D eigenvalue weighted by Gasteiger charge is -2.08. The van der Waals surface area contributed by atoms with E-state index in [2.05, 4.69) is 13.5 Å². The number of hydrogen-bond acceptors (Lipinski definition) is 3. The summed E-state index contributed by atoms with van der Waals surface area (Å²) >= 11 is 0. The second-order valence-corrected chi connectivity index (χ2v) is 5.65. The van der Waals surface area contributed by atoms with Gasteiger partial charge in [-0.1, -0.05) is 58.1 Å². The van der Waals surface area contributed by atoms with Crippen LogP contribution in [-0.4, -0.2) is 22.8 Å². The van der Waals surface area contributed by atoms with Crippen molar-refractivity contribution in [3.8, 4) is 11.5 Å². The summed E-state index contributed by atoms with van der Waals surface area (Å²) in [5, 5.41) is 17.2. The second-order valence-electron chi connectivity index (χ2n) is 5.65. The third-order valence-electron chi connectivity index (χ3n) is 3.57. The Kier molecular flexibility index (Phi) is 13.4. The summed E-state index contributed by atoms with van der Waals surface area (Å²) in [6.07, 6.45) is 11.2. The van der Waals surface area contributed by atoms with Crippen molar-refractivity contribution in [3.63, 3.8) is 0 Å². The summed E-state index contributed by atoms with van der Waals surface area (Å²) < 4.78 is 5.40. The van der Waals surface area contributed by atoms with Gasteiger partial charge in [0.2, 0.25) is 0 Å². The molecule has 4 heteroatoms. The van der Waals surface area contributed by atoms with E-state index >= 15 is 0 Å². The number of aromatic hydroxyl groups is 1. The lowest BCUT2D eigenvalue weighted by Crippen LogP contribution is -1.94. The number of carboxylic acids is 1. The molecule has 0 aliphatic rings. The van der Waals surface area contributed by atoms with Gasteiger partial charge < -0.3 is 14.9 Å². The molecule has 0 heterocycles. The van der Waals surface area contributed by atoms with E-state index < -0.39 is 5.97 Å². The molecular weight excluding hydrogens is 304 g/mol. The molecule has 0 bridgehead atoms. The Morgan fingerprint density at radius 3 is 2.25 bits per heavy atom. The number of phenolic OH excluding ortho intramolecular Hbond substituents is 1. The van der Waals surface area contributed by atoms with Crippen molar-refractivity contribution in [3.05, 3.63) is 36.4 Å². The van der Waals surface area contributed by atoms with E-state index in [-0.39, 0.29) is 5.75 Å². The SMILES string of the molecule is C=CC(=O)O.CCCCCCCCCc1ccc(O)c(OCC)c1. The van der Waals surface area contributed by atoms with Crippen LogP contribution in [0.5, 0.6) is 11.5 Å². The van der Waals surface area contributed by atoms with Gasteiger partial charge in [-0.3, -0.25) is 0 Å². The molecule has 0 radical (unpaired) electrons. The molecule has 0 aliphatic carbocycles. The summed E-state index contributed by atoms with van der Waals surface area (Å²) in [5.41, 5.74) is 1.26. The number of rotatable bonds is 11. The van der Waals surface area contributed by atoms with Gasteiger partial charge in [0, 0.05) is 6.08 Å². The highest BCUT2D eigenvalue weighted by atomic mass is 16.5. The maximum absolute atomic E-state index is 9.63. The molecule has 24 heavy (non-hydrogen) atoms. The van der Waals surface area contributed by atoms with Crippen LogP contribution in [0.25, 0.3) is 0 Å². The van der Waals surface area contributed by atoms with Crippen LogP contribution in [0.2, 0.25) is 0 Å². The molecule has 136 valence electrons. The number of phenols is 1. The Morgan fingerprint density at radius 1 is 1.12 bits per heavy atom. The fourth-order valence-corrected chi connectivity index (χ4v) is 2.27. The molecule has 2 N–H and O–H groups in total. The van der Waals surface area contributed by atoms with Crippen LogP contribution < -0.4 is 4.74 Å². The van der Waals surface area contributed by atoms with Crippen LogP contribution >= 0.6 is 0 Å². The van der Waals surface area contributed by atoms with Crippen LogP contribution in [0, 0.1) is 0 Å².